The van der Waals surface area contributed by atoms with Gasteiger partial charge < -0.3 is 0 Å². The van der Waals surface area contributed by atoms with Crippen LogP contribution in [0.1, 0.15) is 105 Å². The molecule has 3 rings (SSSR count). The molecule has 0 aromatic heterocycles. The van der Waals surface area contributed by atoms with Crippen molar-refractivity contribution in [3.8, 4) is 22.3 Å². The molecule has 0 nitrogen and oxygen atoms in total. The fourth-order valence-electron chi connectivity index (χ4n) is 4.72. The SMILES string of the molecule is CC(C)(C)c1ccc(-c2c[c]c(C(C)(C)C)c(-c3ccc(C(C)(C)C)cc3)c2C(C)(C)C)cc1. The van der Waals surface area contributed by atoms with Crippen molar-refractivity contribution in [2.24, 2.45) is 0 Å². The lowest BCUT2D eigenvalue weighted by atomic mass is 9.71. The second-order valence-electron chi connectivity index (χ2n) is 14.0. The molecule has 1 radical (unpaired) electrons. The Balaban J connectivity index is 2.34. The summed E-state index contributed by atoms with van der Waals surface area (Å²) in [5, 5.41) is 0. The Morgan fingerprint density at radius 1 is 0.471 bits per heavy atom. The first-order valence-electron chi connectivity index (χ1n) is 12.7. The third-order valence-electron chi connectivity index (χ3n) is 6.73. The molecule has 0 saturated heterocycles. The normalized spacial score (nSPS) is 13.3. The van der Waals surface area contributed by atoms with Crippen LogP contribution in [0.25, 0.3) is 22.3 Å². The van der Waals surface area contributed by atoms with E-state index < -0.39 is 0 Å². The molecule has 0 aliphatic heterocycles. The summed E-state index contributed by atoms with van der Waals surface area (Å²) in [6.07, 6.45) is 0. The van der Waals surface area contributed by atoms with E-state index in [4.69, 9.17) is 0 Å². The molecule has 3 aromatic carbocycles. The van der Waals surface area contributed by atoms with E-state index in [1.807, 2.05) is 0 Å². The van der Waals surface area contributed by atoms with Crippen molar-refractivity contribution in [3.63, 3.8) is 0 Å². The van der Waals surface area contributed by atoms with E-state index in [-0.39, 0.29) is 21.7 Å². The van der Waals surface area contributed by atoms with Crippen molar-refractivity contribution in [2.75, 3.05) is 0 Å². The number of rotatable bonds is 2. The van der Waals surface area contributed by atoms with Crippen LogP contribution in [0.4, 0.5) is 0 Å². The van der Waals surface area contributed by atoms with Crippen LogP contribution in [0.5, 0.6) is 0 Å². The van der Waals surface area contributed by atoms with Crippen LogP contribution < -0.4 is 0 Å². The van der Waals surface area contributed by atoms with Gasteiger partial charge in [-0.1, -0.05) is 132 Å². The smallest absolute Gasteiger partial charge is 0.00967 e. The molecule has 0 heterocycles. The number of benzene rings is 3. The zero-order valence-corrected chi connectivity index (χ0v) is 23.7. The second kappa shape index (κ2) is 8.71. The molecule has 0 saturated carbocycles. The van der Waals surface area contributed by atoms with E-state index in [2.05, 4.69) is 144 Å². The zero-order chi connectivity index (χ0) is 25.7. The van der Waals surface area contributed by atoms with Gasteiger partial charge in [0.1, 0.15) is 0 Å². The first-order valence-corrected chi connectivity index (χ1v) is 12.7. The topological polar surface area (TPSA) is 0 Å². The minimum absolute atomic E-state index is 0.00729. The van der Waals surface area contributed by atoms with Gasteiger partial charge in [-0.2, -0.15) is 0 Å². The van der Waals surface area contributed by atoms with Crippen LogP contribution in [0, 0.1) is 6.07 Å². The summed E-state index contributed by atoms with van der Waals surface area (Å²) in [5.41, 5.74) is 10.9. The van der Waals surface area contributed by atoms with Gasteiger partial charge in [-0.25, -0.2) is 0 Å². The molecule has 0 aliphatic carbocycles. The Morgan fingerprint density at radius 2 is 0.882 bits per heavy atom. The van der Waals surface area contributed by atoms with Crippen LogP contribution >= 0.6 is 0 Å². The van der Waals surface area contributed by atoms with Gasteiger partial charge in [0.25, 0.3) is 0 Å². The molecule has 0 amide bonds. The summed E-state index contributed by atoms with van der Waals surface area (Å²) in [6, 6.07) is 24.4. The minimum Gasteiger partial charge on any atom is -0.0579 e. The summed E-state index contributed by atoms with van der Waals surface area (Å²) < 4.78 is 0. The maximum absolute atomic E-state index is 3.74. The lowest BCUT2D eigenvalue weighted by Crippen LogP contribution is -2.20. The molecule has 0 heteroatoms. The predicted octanol–water partition coefficient (Wildman–Crippen LogP) is 10.0. The fourth-order valence-corrected chi connectivity index (χ4v) is 4.72. The summed E-state index contributed by atoms with van der Waals surface area (Å²) >= 11 is 0. The van der Waals surface area contributed by atoms with Crippen LogP contribution in [0.3, 0.4) is 0 Å². The van der Waals surface area contributed by atoms with Crippen LogP contribution in [0.15, 0.2) is 54.6 Å². The average Bonchev–Trinajstić information content (AvgIpc) is 2.70. The first-order chi connectivity index (χ1) is 15.4. The predicted molar refractivity (Wildman–Crippen MR) is 151 cm³/mol. The van der Waals surface area contributed by atoms with Crippen molar-refractivity contribution in [2.45, 2.75) is 105 Å². The molecule has 0 atom stereocenters. The highest BCUT2D eigenvalue weighted by atomic mass is 14.3. The van der Waals surface area contributed by atoms with Gasteiger partial charge in [0.15, 0.2) is 0 Å². The summed E-state index contributed by atoms with van der Waals surface area (Å²) in [4.78, 5) is 0. The Bertz CT molecular complexity index is 1130. The number of hydrogen-bond donors (Lipinski definition) is 0. The van der Waals surface area contributed by atoms with E-state index in [1.165, 1.54) is 44.5 Å². The van der Waals surface area contributed by atoms with Gasteiger partial charge in [0, 0.05) is 0 Å². The molecule has 181 valence electrons. The Morgan fingerprint density at radius 3 is 1.24 bits per heavy atom. The van der Waals surface area contributed by atoms with E-state index in [9.17, 15) is 0 Å². The van der Waals surface area contributed by atoms with Gasteiger partial charge in [0.05, 0.1) is 0 Å². The molecule has 0 fully saturated rings. The molecule has 0 aliphatic rings. The second-order valence-corrected chi connectivity index (χ2v) is 14.0. The standard InChI is InChI=1S/C34H45/c1-31(2,3)25-17-13-23(14-18-25)27-21-22-28(33(7,8)9)29(30(27)34(10,11)12)24-15-19-26(20-16-24)32(4,5)6/h13-21H,1-12H3. The Kier molecular flexibility index (Phi) is 6.73. The van der Waals surface area contributed by atoms with E-state index in [1.54, 1.807) is 0 Å². The van der Waals surface area contributed by atoms with Gasteiger partial charge in [-0.05, 0) is 78.3 Å². The molecule has 0 unspecified atom stereocenters. The highest BCUT2D eigenvalue weighted by molar-refractivity contribution is 5.83. The zero-order valence-electron chi connectivity index (χ0n) is 23.7. The summed E-state index contributed by atoms with van der Waals surface area (Å²) in [5.74, 6) is 0. The maximum atomic E-state index is 3.74. The van der Waals surface area contributed by atoms with Crippen molar-refractivity contribution in [1.29, 1.82) is 0 Å². The monoisotopic (exact) mass is 453 g/mol. The number of hydrogen-bond acceptors (Lipinski definition) is 0. The highest BCUT2D eigenvalue weighted by Crippen LogP contribution is 2.45. The van der Waals surface area contributed by atoms with Gasteiger partial charge in [-0.3, -0.25) is 0 Å². The lowest BCUT2D eigenvalue weighted by Gasteiger charge is -2.33. The summed E-state index contributed by atoms with van der Waals surface area (Å²) in [7, 11) is 0. The first kappa shape index (κ1) is 26.3. The molecule has 0 bridgehead atoms. The Labute approximate surface area is 209 Å². The molecule has 34 heavy (non-hydrogen) atoms. The van der Waals surface area contributed by atoms with E-state index in [0.29, 0.717) is 0 Å². The van der Waals surface area contributed by atoms with Crippen molar-refractivity contribution >= 4 is 0 Å². The third kappa shape index (κ3) is 5.48. The fraction of sp³-hybridized carbons (Fsp3) is 0.471. The molecule has 0 N–H and O–H groups in total. The van der Waals surface area contributed by atoms with Crippen molar-refractivity contribution in [3.05, 3.63) is 82.9 Å². The minimum atomic E-state index is -0.0227. The third-order valence-corrected chi connectivity index (χ3v) is 6.73. The highest BCUT2D eigenvalue weighted by Gasteiger charge is 2.30. The van der Waals surface area contributed by atoms with Gasteiger partial charge >= 0.3 is 0 Å². The Hall–Kier alpha value is -2.34. The summed E-state index contributed by atoms with van der Waals surface area (Å²) in [6.45, 7) is 27.6. The van der Waals surface area contributed by atoms with Gasteiger partial charge in [0.2, 0.25) is 0 Å². The van der Waals surface area contributed by atoms with Crippen LogP contribution in [-0.2, 0) is 21.7 Å². The quantitative estimate of drug-likeness (QED) is 0.362. The lowest BCUT2D eigenvalue weighted by molar-refractivity contribution is 0.572. The van der Waals surface area contributed by atoms with E-state index in [0.717, 1.165) is 0 Å². The van der Waals surface area contributed by atoms with Crippen molar-refractivity contribution < 1.29 is 0 Å². The molecule has 0 spiro atoms. The van der Waals surface area contributed by atoms with Crippen LogP contribution in [-0.4, -0.2) is 0 Å². The van der Waals surface area contributed by atoms with Gasteiger partial charge in [-0.15, -0.1) is 0 Å². The van der Waals surface area contributed by atoms with Crippen molar-refractivity contribution in [1.82, 2.24) is 0 Å². The molecular weight excluding hydrogens is 408 g/mol. The average molecular weight is 454 g/mol. The molecular formula is C34H45. The van der Waals surface area contributed by atoms with Crippen LogP contribution in [0.2, 0.25) is 0 Å². The van der Waals surface area contributed by atoms with E-state index >= 15 is 0 Å². The molecule has 3 aromatic rings. The maximum Gasteiger partial charge on any atom is -0.00967 e. The largest absolute Gasteiger partial charge is 0.0579 e.